The Labute approximate surface area is 121 Å². The molecule has 0 radical (unpaired) electrons. The summed E-state index contributed by atoms with van der Waals surface area (Å²) in [5, 5.41) is 5.23. The number of carbonyl (C=O) groups is 1. The summed E-state index contributed by atoms with van der Waals surface area (Å²) >= 11 is 0. The normalized spacial score (nSPS) is 14.7. The van der Waals surface area contributed by atoms with Gasteiger partial charge in [0.15, 0.2) is 0 Å². The first-order valence-electron chi connectivity index (χ1n) is 6.55. The Hall–Kier alpha value is -1.76. The molecule has 1 atom stereocenters. The van der Waals surface area contributed by atoms with Crippen LogP contribution >= 0.6 is 0 Å². The maximum Gasteiger partial charge on any atom is 0.416 e. The molecule has 7 heteroatoms. The number of carbonyl (C=O) groups excluding carboxylic acids is 1. The molecule has 1 unspecified atom stereocenters. The fraction of sp³-hybridized carbons (Fsp3) is 0.500. The molecule has 0 aliphatic carbocycles. The summed E-state index contributed by atoms with van der Waals surface area (Å²) < 4.78 is 37.3. The van der Waals surface area contributed by atoms with Crippen molar-refractivity contribution in [3.63, 3.8) is 0 Å². The quantitative estimate of drug-likeness (QED) is 0.799. The zero-order valence-corrected chi connectivity index (χ0v) is 12.2. The van der Waals surface area contributed by atoms with Crippen LogP contribution in [0.3, 0.4) is 0 Å². The third kappa shape index (κ3) is 4.63. The van der Waals surface area contributed by atoms with Gasteiger partial charge >= 0.3 is 12.2 Å². The van der Waals surface area contributed by atoms with Crippen molar-refractivity contribution in [3.05, 3.63) is 29.8 Å². The van der Waals surface area contributed by atoms with Gasteiger partial charge in [0.1, 0.15) is 0 Å². The van der Waals surface area contributed by atoms with Gasteiger partial charge in [-0.3, -0.25) is 0 Å². The summed E-state index contributed by atoms with van der Waals surface area (Å²) in [5.74, 6) is 0.112. The minimum absolute atomic E-state index is 0.112. The number of hydrogen-bond acceptors (Lipinski definition) is 2. The van der Waals surface area contributed by atoms with Crippen LogP contribution in [0.2, 0.25) is 0 Å². The Morgan fingerprint density at radius 1 is 1.24 bits per heavy atom. The Bertz CT molecular complexity index is 485. The summed E-state index contributed by atoms with van der Waals surface area (Å²) in [7, 11) is 0. The second-order valence-electron chi connectivity index (χ2n) is 5.43. The largest absolute Gasteiger partial charge is 0.416 e. The van der Waals surface area contributed by atoms with E-state index in [1.807, 2.05) is 20.8 Å². The van der Waals surface area contributed by atoms with E-state index in [0.29, 0.717) is 0 Å². The number of anilines is 1. The average molecular weight is 303 g/mol. The van der Waals surface area contributed by atoms with Gasteiger partial charge in [-0.15, -0.1) is 0 Å². The molecule has 0 aliphatic heterocycles. The van der Waals surface area contributed by atoms with Crippen LogP contribution in [0.4, 0.5) is 23.7 Å². The predicted octanol–water partition coefficient (Wildman–Crippen LogP) is 3.20. The van der Waals surface area contributed by atoms with Crippen molar-refractivity contribution in [2.75, 3.05) is 11.9 Å². The van der Waals surface area contributed by atoms with E-state index in [1.54, 1.807) is 0 Å². The van der Waals surface area contributed by atoms with Crippen LogP contribution in [0, 0.1) is 5.92 Å². The minimum Gasteiger partial charge on any atom is -0.331 e. The molecule has 1 aromatic carbocycles. The van der Waals surface area contributed by atoms with Gasteiger partial charge < -0.3 is 16.4 Å². The van der Waals surface area contributed by atoms with Crippen LogP contribution < -0.4 is 16.4 Å². The molecule has 0 saturated carbocycles. The number of halogens is 3. The number of hydrogen-bond donors (Lipinski definition) is 3. The van der Waals surface area contributed by atoms with Gasteiger partial charge in [-0.1, -0.05) is 13.8 Å². The zero-order valence-electron chi connectivity index (χ0n) is 12.2. The molecule has 4 nitrogen and oxygen atoms in total. The summed E-state index contributed by atoms with van der Waals surface area (Å²) in [6.07, 6.45) is -4.39. The van der Waals surface area contributed by atoms with Crippen LogP contribution in [0.15, 0.2) is 24.3 Å². The molecular formula is C14H20F3N3O. The predicted molar refractivity (Wildman–Crippen MR) is 75.9 cm³/mol. The van der Waals surface area contributed by atoms with Gasteiger partial charge in [-0.2, -0.15) is 13.2 Å². The number of rotatable bonds is 4. The molecule has 1 aromatic rings. The molecule has 0 spiro atoms. The number of benzene rings is 1. The zero-order chi connectivity index (χ0) is 16.3. The van der Waals surface area contributed by atoms with E-state index < -0.39 is 23.3 Å². The molecule has 4 N–H and O–H groups in total. The number of alkyl halides is 3. The fourth-order valence-electron chi connectivity index (χ4n) is 1.60. The summed E-state index contributed by atoms with van der Waals surface area (Å²) in [6.45, 7) is 5.91. The Morgan fingerprint density at radius 3 is 2.14 bits per heavy atom. The molecule has 1 rings (SSSR count). The van der Waals surface area contributed by atoms with E-state index in [1.165, 1.54) is 12.1 Å². The Morgan fingerprint density at radius 2 is 1.76 bits per heavy atom. The highest BCUT2D eigenvalue weighted by molar-refractivity contribution is 5.89. The average Bonchev–Trinajstić information content (AvgIpc) is 2.37. The number of nitrogens with two attached hydrogens (primary N) is 1. The van der Waals surface area contributed by atoms with E-state index >= 15 is 0 Å². The van der Waals surface area contributed by atoms with Crippen molar-refractivity contribution in [3.8, 4) is 0 Å². The standard InChI is InChI=1S/C14H20F3N3O/c1-9(2)13(3,8-18)20-12(21)19-11-6-4-10(5-7-11)14(15,16)17/h4-7,9H,8,18H2,1-3H3,(H2,19,20,21). The highest BCUT2D eigenvalue weighted by Crippen LogP contribution is 2.29. The van der Waals surface area contributed by atoms with Crippen molar-refractivity contribution < 1.29 is 18.0 Å². The van der Waals surface area contributed by atoms with Crippen molar-refractivity contribution in [2.45, 2.75) is 32.5 Å². The molecule has 118 valence electrons. The lowest BCUT2D eigenvalue weighted by Gasteiger charge is -2.33. The van der Waals surface area contributed by atoms with Gasteiger partial charge in [0.2, 0.25) is 0 Å². The first-order chi connectivity index (χ1) is 9.58. The first-order valence-corrected chi connectivity index (χ1v) is 6.55. The monoisotopic (exact) mass is 303 g/mol. The highest BCUT2D eigenvalue weighted by Gasteiger charge is 2.30. The second-order valence-corrected chi connectivity index (χ2v) is 5.43. The fourth-order valence-corrected chi connectivity index (χ4v) is 1.60. The van der Waals surface area contributed by atoms with Crippen molar-refractivity contribution in [2.24, 2.45) is 11.7 Å². The molecule has 2 amide bonds. The highest BCUT2D eigenvalue weighted by atomic mass is 19.4. The summed E-state index contributed by atoms with van der Waals surface area (Å²) in [4.78, 5) is 11.9. The van der Waals surface area contributed by atoms with Crippen LogP contribution in [0.1, 0.15) is 26.3 Å². The van der Waals surface area contributed by atoms with E-state index in [2.05, 4.69) is 10.6 Å². The number of urea groups is 1. The van der Waals surface area contributed by atoms with Crippen LogP contribution in [-0.4, -0.2) is 18.1 Å². The van der Waals surface area contributed by atoms with Crippen molar-refractivity contribution >= 4 is 11.7 Å². The molecule has 0 bridgehead atoms. The lowest BCUT2D eigenvalue weighted by Crippen LogP contribution is -2.56. The maximum absolute atomic E-state index is 12.4. The second kappa shape index (κ2) is 6.34. The summed E-state index contributed by atoms with van der Waals surface area (Å²) in [5.41, 5.74) is 4.58. The Balaban J connectivity index is 2.72. The SMILES string of the molecule is CC(C)C(C)(CN)NC(=O)Nc1ccc(C(F)(F)F)cc1. The van der Waals surface area contributed by atoms with E-state index in [9.17, 15) is 18.0 Å². The maximum atomic E-state index is 12.4. The number of nitrogens with one attached hydrogen (secondary N) is 2. The molecular weight excluding hydrogens is 283 g/mol. The van der Waals surface area contributed by atoms with E-state index in [0.717, 1.165) is 12.1 Å². The molecule has 0 fully saturated rings. The lowest BCUT2D eigenvalue weighted by molar-refractivity contribution is -0.137. The van der Waals surface area contributed by atoms with Gasteiger partial charge in [0.25, 0.3) is 0 Å². The van der Waals surface area contributed by atoms with Crippen LogP contribution in [0.25, 0.3) is 0 Å². The lowest BCUT2D eigenvalue weighted by atomic mass is 9.89. The van der Waals surface area contributed by atoms with E-state index in [4.69, 9.17) is 5.73 Å². The Kier molecular flexibility index (Phi) is 5.22. The van der Waals surface area contributed by atoms with Gasteiger partial charge in [-0.05, 0) is 37.1 Å². The third-order valence-corrected chi connectivity index (χ3v) is 3.57. The van der Waals surface area contributed by atoms with Crippen molar-refractivity contribution in [1.82, 2.24) is 5.32 Å². The van der Waals surface area contributed by atoms with Gasteiger partial charge in [0, 0.05) is 12.2 Å². The first kappa shape index (κ1) is 17.3. The van der Waals surface area contributed by atoms with Gasteiger partial charge in [0.05, 0.1) is 11.1 Å². The van der Waals surface area contributed by atoms with E-state index in [-0.39, 0.29) is 18.2 Å². The molecule has 21 heavy (non-hydrogen) atoms. The van der Waals surface area contributed by atoms with Crippen molar-refractivity contribution in [1.29, 1.82) is 0 Å². The molecule has 0 aliphatic rings. The minimum atomic E-state index is -4.39. The third-order valence-electron chi connectivity index (χ3n) is 3.57. The van der Waals surface area contributed by atoms with Gasteiger partial charge in [-0.25, -0.2) is 4.79 Å². The number of amides is 2. The van der Waals surface area contributed by atoms with Crippen LogP contribution in [-0.2, 0) is 6.18 Å². The van der Waals surface area contributed by atoms with Crippen LogP contribution in [0.5, 0.6) is 0 Å². The molecule has 0 heterocycles. The summed E-state index contributed by atoms with van der Waals surface area (Å²) in [6, 6.07) is 3.74. The molecule has 0 aromatic heterocycles. The smallest absolute Gasteiger partial charge is 0.331 e. The molecule has 0 saturated heterocycles. The topological polar surface area (TPSA) is 67.1 Å².